The molecule has 0 aliphatic carbocycles. The van der Waals surface area contributed by atoms with Crippen molar-refractivity contribution in [2.24, 2.45) is 0 Å². The van der Waals surface area contributed by atoms with Gasteiger partial charge in [0.25, 0.3) is 0 Å². The third kappa shape index (κ3) is 4.23. The molecule has 4 heteroatoms. The number of fused-ring (bicyclic) bond motifs is 1. The molecule has 0 radical (unpaired) electrons. The minimum atomic E-state index is -0.288. The summed E-state index contributed by atoms with van der Waals surface area (Å²) < 4.78 is 10.2. The number of esters is 1. The van der Waals surface area contributed by atoms with E-state index in [9.17, 15) is 4.79 Å². The summed E-state index contributed by atoms with van der Waals surface area (Å²) in [6, 6.07) is 8.55. The van der Waals surface area contributed by atoms with Crippen LogP contribution in [-0.2, 0) is 20.7 Å². The molecular weight excluding hydrogens is 254 g/mol. The van der Waals surface area contributed by atoms with E-state index in [0.717, 1.165) is 19.5 Å². The van der Waals surface area contributed by atoms with Gasteiger partial charge in [-0.1, -0.05) is 18.2 Å². The number of benzene rings is 1. The highest BCUT2D eigenvalue weighted by atomic mass is 16.6. The second-order valence-electron chi connectivity index (χ2n) is 4.93. The Morgan fingerprint density at radius 1 is 1.30 bits per heavy atom. The van der Waals surface area contributed by atoms with E-state index in [4.69, 9.17) is 9.47 Å². The van der Waals surface area contributed by atoms with Gasteiger partial charge in [0, 0.05) is 18.8 Å². The van der Waals surface area contributed by atoms with E-state index in [2.05, 4.69) is 29.2 Å². The summed E-state index contributed by atoms with van der Waals surface area (Å²) in [5, 5.41) is 0. The Morgan fingerprint density at radius 2 is 2.15 bits per heavy atom. The number of hydrogen-bond donors (Lipinski definition) is 0. The van der Waals surface area contributed by atoms with E-state index in [1.165, 1.54) is 24.1 Å². The lowest BCUT2D eigenvalue weighted by Gasteiger charge is -2.24. The quantitative estimate of drug-likeness (QED) is 0.591. The molecule has 0 saturated carbocycles. The summed E-state index contributed by atoms with van der Waals surface area (Å²) in [5.74, 6) is -0.288. The monoisotopic (exact) mass is 277 g/mol. The lowest BCUT2D eigenvalue weighted by atomic mass is 10.1. The van der Waals surface area contributed by atoms with Crippen molar-refractivity contribution in [2.45, 2.75) is 26.2 Å². The van der Waals surface area contributed by atoms with Gasteiger partial charge in [-0.15, -0.1) is 0 Å². The number of nitrogens with zero attached hydrogens (tertiary/aromatic N) is 1. The van der Waals surface area contributed by atoms with Gasteiger partial charge in [-0.05, 0) is 37.8 Å². The van der Waals surface area contributed by atoms with Crippen LogP contribution in [0.1, 0.15) is 25.3 Å². The smallest absolute Gasteiger partial charge is 0.332 e. The first kappa shape index (κ1) is 14.9. The van der Waals surface area contributed by atoms with Gasteiger partial charge in [0.1, 0.15) is 6.61 Å². The van der Waals surface area contributed by atoms with Gasteiger partial charge in [0.15, 0.2) is 0 Å². The molecule has 2 rings (SSSR count). The Kier molecular flexibility index (Phi) is 5.87. The first-order chi connectivity index (χ1) is 9.81. The van der Waals surface area contributed by atoms with E-state index in [-0.39, 0.29) is 12.6 Å². The molecule has 0 saturated heterocycles. The third-order valence-electron chi connectivity index (χ3n) is 3.49. The number of carbonyl (C=O) groups excluding carboxylic acids is 1. The molecule has 0 atom stereocenters. The van der Waals surface area contributed by atoms with Crippen molar-refractivity contribution >= 4 is 11.7 Å². The Labute approximate surface area is 120 Å². The van der Waals surface area contributed by atoms with Crippen molar-refractivity contribution in [1.82, 2.24) is 0 Å². The molecule has 1 heterocycles. The minimum absolute atomic E-state index is 0.0450. The Hall–Kier alpha value is -1.55. The second-order valence-corrected chi connectivity index (χ2v) is 4.93. The molecule has 0 N–H and O–H groups in total. The van der Waals surface area contributed by atoms with Crippen molar-refractivity contribution in [3.63, 3.8) is 0 Å². The van der Waals surface area contributed by atoms with Crippen LogP contribution in [0.3, 0.4) is 0 Å². The summed E-state index contributed by atoms with van der Waals surface area (Å²) >= 11 is 0. The highest BCUT2D eigenvalue weighted by Crippen LogP contribution is 2.25. The molecule has 110 valence electrons. The van der Waals surface area contributed by atoms with Crippen molar-refractivity contribution < 1.29 is 14.3 Å². The highest BCUT2D eigenvalue weighted by Gasteiger charge is 2.14. The van der Waals surface area contributed by atoms with Gasteiger partial charge in [0.05, 0.1) is 13.2 Å². The summed E-state index contributed by atoms with van der Waals surface area (Å²) in [7, 11) is 0. The maximum atomic E-state index is 11.2. The van der Waals surface area contributed by atoms with Crippen LogP contribution in [0.25, 0.3) is 0 Å². The van der Waals surface area contributed by atoms with Crippen LogP contribution in [0.2, 0.25) is 0 Å². The molecule has 1 aromatic carbocycles. The van der Waals surface area contributed by atoms with Gasteiger partial charge in [-0.3, -0.25) is 0 Å². The summed E-state index contributed by atoms with van der Waals surface area (Å²) in [6.45, 7) is 4.67. The third-order valence-corrected chi connectivity index (χ3v) is 3.49. The predicted octanol–water partition coefficient (Wildman–Crippen LogP) is 2.41. The standard InChI is InChI=1S/C16H23NO3/c1-2-20-16(18)13-19-12-11-17-10-6-5-8-14-7-3-4-9-15(14)17/h3-4,7,9H,2,5-6,8,10-13H2,1H3. The Balaban J connectivity index is 1.82. The van der Waals surface area contributed by atoms with E-state index >= 15 is 0 Å². The maximum Gasteiger partial charge on any atom is 0.332 e. The number of rotatable bonds is 6. The van der Waals surface area contributed by atoms with Crippen LogP contribution >= 0.6 is 0 Å². The first-order valence-corrected chi connectivity index (χ1v) is 7.37. The van der Waals surface area contributed by atoms with Gasteiger partial charge in [0.2, 0.25) is 0 Å². The fourth-order valence-electron chi connectivity index (χ4n) is 2.53. The fraction of sp³-hybridized carbons (Fsp3) is 0.562. The van der Waals surface area contributed by atoms with E-state index in [0.29, 0.717) is 13.2 Å². The molecule has 1 aliphatic rings. The topological polar surface area (TPSA) is 38.8 Å². The molecule has 0 amide bonds. The normalized spacial score (nSPS) is 14.6. The average Bonchev–Trinajstić information content (AvgIpc) is 2.66. The molecule has 0 fully saturated rings. The molecule has 0 aromatic heterocycles. The number of para-hydroxylation sites is 1. The van der Waals surface area contributed by atoms with Crippen molar-refractivity contribution in [3.05, 3.63) is 29.8 Å². The van der Waals surface area contributed by atoms with Crippen molar-refractivity contribution in [1.29, 1.82) is 0 Å². The van der Waals surface area contributed by atoms with Crippen LogP contribution in [0.5, 0.6) is 0 Å². The van der Waals surface area contributed by atoms with Crippen LogP contribution in [-0.4, -0.2) is 38.9 Å². The Bertz CT molecular complexity index is 433. The number of hydrogen-bond acceptors (Lipinski definition) is 4. The van der Waals surface area contributed by atoms with Gasteiger partial charge in [-0.2, -0.15) is 0 Å². The zero-order valence-electron chi connectivity index (χ0n) is 12.1. The van der Waals surface area contributed by atoms with Gasteiger partial charge >= 0.3 is 5.97 Å². The molecule has 0 unspecified atom stereocenters. The summed E-state index contributed by atoms with van der Waals surface area (Å²) in [5.41, 5.74) is 2.72. The van der Waals surface area contributed by atoms with Gasteiger partial charge in [-0.25, -0.2) is 4.79 Å². The lowest BCUT2D eigenvalue weighted by Crippen LogP contribution is -2.29. The predicted molar refractivity (Wildman–Crippen MR) is 79.0 cm³/mol. The molecule has 0 bridgehead atoms. The number of anilines is 1. The maximum absolute atomic E-state index is 11.2. The van der Waals surface area contributed by atoms with Crippen LogP contribution in [0.4, 0.5) is 5.69 Å². The molecular formula is C16H23NO3. The van der Waals surface area contributed by atoms with Crippen LogP contribution in [0.15, 0.2) is 24.3 Å². The van der Waals surface area contributed by atoms with Crippen LogP contribution in [0, 0.1) is 0 Å². The van der Waals surface area contributed by atoms with Gasteiger partial charge < -0.3 is 14.4 Å². The van der Waals surface area contributed by atoms with E-state index in [1.54, 1.807) is 6.92 Å². The fourth-order valence-corrected chi connectivity index (χ4v) is 2.53. The zero-order valence-corrected chi connectivity index (χ0v) is 12.1. The van der Waals surface area contributed by atoms with Crippen LogP contribution < -0.4 is 4.90 Å². The number of aryl methyl sites for hydroxylation is 1. The molecule has 1 aromatic rings. The number of ether oxygens (including phenoxy) is 2. The Morgan fingerprint density at radius 3 is 3.00 bits per heavy atom. The molecule has 0 spiro atoms. The minimum Gasteiger partial charge on any atom is -0.464 e. The number of carbonyl (C=O) groups is 1. The largest absolute Gasteiger partial charge is 0.464 e. The summed E-state index contributed by atoms with van der Waals surface area (Å²) in [6.07, 6.45) is 3.58. The highest BCUT2D eigenvalue weighted by molar-refractivity contribution is 5.70. The molecule has 4 nitrogen and oxygen atoms in total. The zero-order chi connectivity index (χ0) is 14.2. The SMILES string of the molecule is CCOC(=O)COCCN1CCCCc2ccccc21. The second kappa shape index (κ2) is 7.90. The van der Waals surface area contributed by atoms with E-state index < -0.39 is 0 Å². The molecule has 20 heavy (non-hydrogen) atoms. The molecule has 1 aliphatic heterocycles. The van der Waals surface area contributed by atoms with Crippen molar-refractivity contribution in [2.75, 3.05) is 37.8 Å². The van der Waals surface area contributed by atoms with E-state index in [1.807, 2.05) is 0 Å². The van der Waals surface area contributed by atoms with Crippen molar-refractivity contribution in [3.8, 4) is 0 Å². The summed E-state index contributed by atoms with van der Waals surface area (Å²) in [4.78, 5) is 13.5. The lowest BCUT2D eigenvalue weighted by molar-refractivity contribution is -0.148. The first-order valence-electron chi connectivity index (χ1n) is 7.37. The average molecular weight is 277 g/mol.